The number of piperazine rings is 1. The minimum atomic E-state index is -0.161. The maximum Gasteiger partial charge on any atom is 0.322 e. The first kappa shape index (κ1) is 19.7. The molecule has 1 saturated heterocycles. The number of hydrogen-bond donors (Lipinski definition) is 2. The first-order valence-electron chi connectivity index (χ1n) is 9.33. The van der Waals surface area contributed by atoms with Gasteiger partial charge in [-0.1, -0.05) is 18.9 Å². The zero-order chi connectivity index (χ0) is 19.1. The van der Waals surface area contributed by atoms with Crippen LogP contribution in [-0.2, 0) is 0 Å². The van der Waals surface area contributed by atoms with Crippen molar-refractivity contribution >= 4 is 17.2 Å². The lowest BCUT2D eigenvalue weighted by molar-refractivity contribution is 0.0948. The highest BCUT2D eigenvalue weighted by Crippen LogP contribution is 2.18. The molecule has 0 aromatic carbocycles. The number of hydrogen-bond acceptors (Lipinski definition) is 8. The molecule has 2 aromatic rings. The van der Waals surface area contributed by atoms with Crippen LogP contribution in [0, 0.1) is 5.92 Å². The zero-order valence-electron chi connectivity index (χ0n) is 15.8. The van der Waals surface area contributed by atoms with Gasteiger partial charge >= 0.3 is 6.01 Å². The van der Waals surface area contributed by atoms with Gasteiger partial charge in [0.2, 0.25) is 0 Å². The molecule has 2 aromatic heterocycles. The number of amides is 1. The monoisotopic (exact) mass is 393 g/mol. The lowest BCUT2D eigenvalue weighted by Gasteiger charge is -2.26. The average molecular weight is 394 g/mol. The van der Waals surface area contributed by atoms with Crippen molar-refractivity contribution in [2.75, 3.05) is 45.9 Å². The third-order valence-corrected chi connectivity index (χ3v) is 5.01. The summed E-state index contributed by atoms with van der Waals surface area (Å²) in [4.78, 5) is 18.9. The molecule has 0 bridgehead atoms. The predicted molar refractivity (Wildman–Crippen MR) is 104 cm³/mol. The van der Waals surface area contributed by atoms with E-state index in [0.717, 1.165) is 39.1 Å². The topological polar surface area (TPSA) is 97.2 Å². The molecule has 0 radical (unpaired) electrons. The van der Waals surface area contributed by atoms with E-state index in [1.807, 2.05) is 0 Å². The van der Waals surface area contributed by atoms with E-state index in [1.165, 1.54) is 11.3 Å². The Morgan fingerprint density at radius 3 is 3.00 bits per heavy atom. The highest BCUT2D eigenvalue weighted by Gasteiger charge is 2.16. The second-order valence-corrected chi connectivity index (χ2v) is 7.75. The summed E-state index contributed by atoms with van der Waals surface area (Å²) < 4.78 is 7.45. The molecule has 1 aliphatic rings. The number of rotatable bonds is 9. The molecular weight excluding hydrogens is 366 g/mol. The maximum atomic E-state index is 12.1. The molecule has 9 nitrogen and oxygen atoms in total. The summed E-state index contributed by atoms with van der Waals surface area (Å²) in [7, 11) is 0. The molecule has 1 fully saturated rings. The summed E-state index contributed by atoms with van der Waals surface area (Å²) >= 11 is 1.30. The van der Waals surface area contributed by atoms with Crippen LogP contribution < -0.4 is 15.4 Å². The number of nitrogens with zero attached hydrogens (tertiary/aromatic N) is 5. The summed E-state index contributed by atoms with van der Waals surface area (Å²) in [6.45, 7) is 10.6. The van der Waals surface area contributed by atoms with Gasteiger partial charge in [0.25, 0.3) is 5.91 Å². The molecule has 0 atom stereocenters. The van der Waals surface area contributed by atoms with E-state index >= 15 is 0 Å². The number of carbonyl (C=O) groups is 1. The molecule has 1 amide bonds. The van der Waals surface area contributed by atoms with Crippen molar-refractivity contribution in [3.63, 3.8) is 0 Å². The van der Waals surface area contributed by atoms with Crippen LogP contribution in [0.5, 0.6) is 6.01 Å². The van der Waals surface area contributed by atoms with Crippen LogP contribution >= 0.6 is 11.3 Å². The number of ether oxygens (including phenoxy) is 1. The first-order valence-corrected chi connectivity index (χ1v) is 10.2. The molecule has 148 valence electrons. The van der Waals surface area contributed by atoms with Crippen molar-refractivity contribution in [2.45, 2.75) is 20.3 Å². The summed E-state index contributed by atoms with van der Waals surface area (Å²) in [5.74, 6) is 0.829. The lowest BCUT2D eigenvalue weighted by atomic mass is 10.2. The van der Waals surface area contributed by atoms with Gasteiger partial charge in [0.15, 0.2) is 10.8 Å². The highest BCUT2D eigenvalue weighted by molar-refractivity contribution is 7.11. The molecule has 0 unspecified atom stereocenters. The van der Waals surface area contributed by atoms with E-state index < -0.39 is 0 Å². The summed E-state index contributed by atoms with van der Waals surface area (Å²) in [5, 5.41) is 16.4. The molecule has 10 heteroatoms. The molecule has 1 aliphatic heterocycles. The third-order valence-electron chi connectivity index (χ3n) is 4.18. The Morgan fingerprint density at radius 1 is 1.41 bits per heavy atom. The van der Waals surface area contributed by atoms with Crippen LogP contribution in [0.3, 0.4) is 0 Å². The molecule has 3 heterocycles. The number of carbonyl (C=O) groups excluding carboxylic acids is 1. The minimum absolute atomic E-state index is 0.161. The number of nitrogens with one attached hydrogen (secondary N) is 2. The summed E-state index contributed by atoms with van der Waals surface area (Å²) in [6, 6.07) is 0.398. The Kier molecular flexibility index (Phi) is 7.13. The van der Waals surface area contributed by atoms with Crippen LogP contribution in [0.2, 0.25) is 0 Å². The van der Waals surface area contributed by atoms with Gasteiger partial charge in [-0.2, -0.15) is 0 Å². The Morgan fingerprint density at radius 2 is 2.22 bits per heavy atom. The van der Waals surface area contributed by atoms with E-state index in [9.17, 15) is 4.79 Å². The fourth-order valence-electron chi connectivity index (χ4n) is 2.72. The van der Waals surface area contributed by atoms with E-state index in [0.29, 0.717) is 35.9 Å². The van der Waals surface area contributed by atoms with Crippen molar-refractivity contribution in [2.24, 2.45) is 5.92 Å². The van der Waals surface area contributed by atoms with Gasteiger partial charge in [-0.25, -0.2) is 9.55 Å². The number of thiazole rings is 1. The molecule has 2 N–H and O–H groups in total. The van der Waals surface area contributed by atoms with Gasteiger partial charge in [0.1, 0.15) is 6.33 Å². The van der Waals surface area contributed by atoms with Crippen LogP contribution in [0.4, 0.5) is 0 Å². The summed E-state index contributed by atoms with van der Waals surface area (Å²) in [5.41, 5.74) is 0. The van der Waals surface area contributed by atoms with E-state index in [-0.39, 0.29) is 5.91 Å². The van der Waals surface area contributed by atoms with Gasteiger partial charge < -0.3 is 20.3 Å². The van der Waals surface area contributed by atoms with Crippen LogP contribution in [0.15, 0.2) is 11.7 Å². The van der Waals surface area contributed by atoms with Gasteiger partial charge in [-0.15, -0.1) is 16.4 Å². The van der Waals surface area contributed by atoms with Crippen LogP contribution in [-0.4, -0.2) is 76.4 Å². The Hall–Kier alpha value is -2.04. The normalized spacial score (nSPS) is 15.2. The second kappa shape index (κ2) is 9.77. The van der Waals surface area contributed by atoms with Crippen molar-refractivity contribution in [1.82, 2.24) is 35.3 Å². The van der Waals surface area contributed by atoms with E-state index in [4.69, 9.17) is 4.74 Å². The maximum absolute atomic E-state index is 12.1. The first-order chi connectivity index (χ1) is 13.1. The van der Waals surface area contributed by atoms with Gasteiger partial charge in [-0.05, 0) is 12.3 Å². The SMILES string of the molecule is CC(C)CNC(=O)c1nc(-n2cnnc2OCCCN2CCNCC2)cs1. The van der Waals surface area contributed by atoms with Crippen molar-refractivity contribution in [3.05, 3.63) is 16.7 Å². The Bertz CT molecular complexity index is 724. The lowest BCUT2D eigenvalue weighted by Crippen LogP contribution is -2.44. The zero-order valence-corrected chi connectivity index (χ0v) is 16.7. The quantitative estimate of drug-likeness (QED) is 0.608. The van der Waals surface area contributed by atoms with Crippen molar-refractivity contribution in [1.29, 1.82) is 0 Å². The largest absolute Gasteiger partial charge is 0.463 e. The molecule has 27 heavy (non-hydrogen) atoms. The number of aromatic nitrogens is 4. The summed E-state index contributed by atoms with van der Waals surface area (Å²) in [6.07, 6.45) is 2.48. The molecule has 0 saturated carbocycles. The average Bonchev–Trinajstić information content (AvgIpc) is 3.33. The van der Waals surface area contributed by atoms with Crippen LogP contribution in [0.25, 0.3) is 5.82 Å². The molecule has 0 aliphatic carbocycles. The Labute approximate surface area is 163 Å². The fourth-order valence-corrected chi connectivity index (χ4v) is 3.43. The predicted octanol–water partition coefficient (Wildman–Crippen LogP) is 0.784. The molecule has 0 spiro atoms. The highest BCUT2D eigenvalue weighted by atomic mass is 32.1. The minimum Gasteiger partial charge on any atom is -0.463 e. The van der Waals surface area contributed by atoms with Gasteiger partial charge in [-0.3, -0.25) is 4.79 Å². The van der Waals surface area contributed by atoms with Crippen molar-refractivity contribution < 1.29 is 9.53 Å². The standard InChI is InChI=1S/C17H27N7O2S/c1-13(2)10-19-15(25)16-21-14(11-27-16)24-12-20-22-17(24)26-9-3-6-23-7-4-18-5-8-23/h11-13,18H,3-10H2,1-2H3,(H,19,25). The second-order valence-electron chi connectivity index (χ2n) is 6.89. The Balaban J connectivity index is 1.51. The fraction of sp³-hybridized carbons (Fsp3) is 0.647. The van der Waals surface area contributed by atoms with E-state index in [1.54, 1.807) is 16.3 Å². The molecule has 3 rings (SSSR count). The van der Waals surface area contributed by atoms with Gasteiger partial charge in [0.05, 0.1) is 6.61 Å². The third kappa shape index (κ3) is 5.72. The molecular formula is C17H27N7O2S. The van der Waals surface area contributed by atoms with Crippen LogP contribution in [0.1, 0.15) is 30.1 Å². The van der Waals surface area contributed by atoms with Crippen molar-refractivity contribution in [3.8, 4) is 11.8 Å². The smallest absolute Gasteiger partial charge is 0.322 e. The van der Waals surface area contributed by atoms with Gasteiger partial charge in [0, 0.05) is 44.6 Å². The van der Waals surface area contributed by atoms with E-state index in [2.05, 4.69) is 44.6 Å².